The number of thiazole rings is 1. The first-order valence-corrected chi connectivity index (χ1v) is 9.33. The van der Waals surface area contributed by atoms with Crippen LogP contribution < -0.4 is 0 Å². The first kappa shape index (κ1) is 17.1. The number of carbonyl (C=O) groups excluding carboxylic acids is 1. The van der Waals surface area contributed by atoms with Gasteiger partial charge in [0.25, 0.3) is 5.91 Å². The minimum atomic E-state index is 0.127. The summed E-state index contributed by atoms with van der Waals surface area (Å²) in [6, 6.07) is 8.93. The molecule has 1 amide bonds. The number of amides is 1. The Labute approximate surface area is 148 Å². The maximum absolute atomic E-state index is 12.9. The number of piperidine rings is 1. The second kappa shape index (κ2) is 7.45. The molecular weight excluding hydrogens is 318 g/mol. The van der Waals surface area contributed by atoms with Crippen molar-refractivity contribution in [3.05, 3.63) is 51.5 Å². The van der Waals surface area contributed by atoms with E-state index in [1.807, 2.05) is 11.8 Å². The predicted molar refractivity (Wildman–Crippen MR) is 98.3 cm³/mol. The molecule has 0 N–H and O–H groups in total. The molecule has 0 bridgehead atoms. The number of hydrogen-bond acceptors (Lipinski definition) is 4. The summed E-state index contributed by atoms with van der Waals surface area (Å²) in [7, 11) is 4.15. The molecule has 4 nitrogen and oxygen atoms in total. The van der Waals surface area contributed by atoms with Crippen LogP contribution in [-0.2, 0) is 6.54 Å². The molecule has 128 valence electrons. The SMILES string of the molecule is Cc1ncc(C(=O)N2CCCC[C@@H]2c2ccc(CN(C)C)cc2)s1. The molecule has 0 spiro atoms. The Balaban J connectivity index is 1.80. The zero-order valence-corrected chi connectivity index (χ0v) is 15.5. The van der Waals surface area contributed by atoms with Crippen LogP contribution in [0.25, 0.3) is 0 Å². The van der Waals surface area contributed by atoms with E-state index in [0.717, 1.165) is 35.8 Å². The lowest BCUT2D eigenvalue weighted by molar-refractivity contribution is 0.0616. The highest BCUT2D eigenvalue weighted by molar-refractivity contribution is 7.13. The van der Waals surface area contributed by atoms with Crippen molar-refractivity contribution in [3.8, 4) is 0 Å². The Morgan fingerprint density at radius 1 is 1.29 bits per heavy atom. The molecule has 0 aliphatic carbocycles. The van der Waals surface area contributed by atoms with Crippen LogP contribution in [0.3, 0.4) is 0 Å². The largest absolute Gasteiger partial charge is 0.331 e. The van der Waals surface area contributed by atoms with Crippen LogP contribution >= 0.6 is 11.3 Å². The van der Waals surface area contributed by atoms with E-state index < -0.39 is 0 Å². The van der Waals surface area contributed by atoms with Crippen LogP contribution in [0, 0.1) is 6.92 Å². The first-order chi connectivity index (χ1) is 11.5. The van der Waals surface area contributed by atoms with Gasteiger partial charge in [-0.25, -0.2) is 4.98 Å². The van der Waals surface area contributed by atoms with Gasteiger partial charge in [0.1, 0.15) is 4.88 Å². The Bertz CT molecular complexity index is 693. The molecule has 3 rings (SSSR count). The van der Waals surface area contributed by atoms with E-state index in [9.17, 15) is 4.79 Å². The second-order valence-corrected chi connectivity index (χ2v) is 7.97. The number of carbonyl (C=O) groups is 1. The minimum absolute atomic E-state index is 0.127. The van der Waals surface area contributed by atoms with Crippen LogP contribution in [0.4, 0.5) is 0 Å². The number of nitrogens with zero attached hydrogens (tertiary/aromatic N) is 3. The summed E-state index contributed by atoms with van der Waals surface area (Å²) in [6.45, 7) is 3.71. The maximum Gasteiger partial charge on any atom is 0.266 e. The van der Waals surface area contributed by atoms with Crippen LogP contribution in [0.5, 0.6) is 0 Å². The molecule has 0 radical (unpaired) electrons. The third kappa shape index (κ3) is 3.84. The molecule has 1 fully saturated rings. The molecule has 1 saturated heterocycles. The third-order valence-corrected chi connectivity index (χ3v) is 5.36. The van der Waals surface area contributed by atoms with Gasteiger partial charge in [-0.05, 0) is 51.4 Å². The highest BCUT2D eigenvalue weighted by Gasteiger charge is 2.29. The lowest BCUT2D eigenvalue weighted by atomic mass is 9.94. The van der Waals surface area contributed by atoms with Gasteiger partial charge in [-0.3, -0.25) is 4.79 Å². The van der Waals surface area contributed by atoms with Crippen molar-refractivity contribution in [1.29, 1.82) is 0 Å². The molecule has 24 heavy (non-hydrogen) atoms. The van der Waals surface area contributed by atoms with Gasteiger partial charge in [0.05, 0.1) is 17.2 Å². The van der Waals surface area contributed by atoms with Crippen LogP contribution in [0.2, 0.25) is 0 Å². The number of likely N-dealkylation sites (tertiary alicyclic amines) is 1. The zero-order valence-electron chi connectivity index (χ0n) is 14.7. The van der Waals surface area contributed by atoms with Gasteiger partial charge in [-0.2, -0.15) is 0 Å². The molecule has 1 aliphatic heterocycles. The lowest BCUT2D eigenvalue weighted by Gasteiger charge is -2.36. The van der Waals surface area contributed by atoms with Gasteiger partial charge in [-0.15, -0.1) is 11.3 Å². The van der Waals surface area contributed by atoms with E-state index in [4.69, 9.17) is 0 Å². The van der Waals surface area contributed by atoms with Crippen LogP contribution in [0.1, 0.15) is 51.1 Å². The molecule has 0 saturated carbocycles. The van der Waals surface area contributed by atoms with Crippen LogP contribution in [0.15, 0.2) is 30.5 Å². The molecule has 0 unspecified atom stereocenters. The summed E-state index contributed by atoms with van der Waals surface area (Å²) in [5, 5.41) is 0.944. The van der Waals surface area contributed by atoms with Gasteiger partial charge in [0, 0.05) is 13.1 Å². The van der Waals surface area contributed by atoms with Crippen molar-refractivity contribution < 1.29 is 4.79 Å². The van der Waals surface area contributed by atoms with Crippen LogP contribution in [-0.4, -0.2) is 41.3 Å². The van der Waals surface area contributed by atoms with E-state index in [1.54, 1.807) is 6.20 Å². The Morgan fingerprint density at radius 3 is 2.67 bits per heavy atom. The van der Waals surface area contributed by atoms with Gasteiger partial charge in [0.2, 0.25) is 0 Å². The maximum atomic E-state index is 12.9. The molecular formula is C19H25N3OS. The Morgan fingerprint density at radius 2 is 2.04 bits per heavy atom. The minimum Gasteiger partial charge on any atom is -0.331 e. The average molecular weight is 343 g/mol. The monoisotopic (exact) mass is 343 g/mol. The quantitative estimate of drug-likeness (QED) is 0.845. The smallest absolute Gasteiger partial charge is 0.266 e. The van der Waals surface area contributed by atoms with E-state index in [2.05, 4.69) is 48.2 Å². The molecule has 1 atom stereocenters. The van der Waals surface area contributed by atoms with Crippen molar-refractivity contribution in [2.45, 2.75) is 38.8 Å². The molecule has 1 aromatic carbocycles. The van der Waals surface area contributed by atoms with E-state index in [0.29, 0.717) is 0 Å². The topological polar surface area (TPSA) is 36.4 Å². The summed E-state index contributed by atoms with van der Waals surface area (Å²) >= 11 is 1.49. The third-order valence-electron chi connectivity index (χ3n) is 4.46. The summed E-state index contributed by atoms with van der Waals surface area (Å²) in [5.74, 6) is 0.127. The van der Waals surface area contributed by atoms with Crippen molar-refractivity contribution in [2.24, 2.45) is 0 Å². The molecule has 2 heterocycles. The summed E-state index contributed by atoms with van der Waals surface area (Å²) in [5.41, 5.74) is 2.54. The summed E-state index contributed by atoms with van der Waals surface area (Å²) in [4.78, 5) is 22.1. The fourth-order valence-corrected chi connectivity index (χ4v) is 4.07. The van der Waals surface area contributed by atoms with Gasteiger partial charge in [0.15, 0.2) is 0 Å². The highest BCUT2D eigenvalue weighted by Crippen LogP contribution is 2.33. The molecule has 5 heteroatoms. The molecule has 2 aromatic rings. The fraction of sp³-hybridized carbons (Fsp3) is 0.474. The van der Waals surface area contributed by atoms with Gasteiger partial charge < -0.3 is 9.80 Å². The lowest BCUT2D eigenvalue weighted by Crippen LogP contribution is -2.38. The normalized spacial score (nSPS) is 18.2. The Hall–Kier alpha value is -1.72. The number of aryl methyl sites for hydroxylation is 1. The van der Waals surface area contributed by atoms with Crippen molar-refractivity contribution in [3.63, 3.8) is 0 Å². The molecule has 1 aliphatic rings. The van der Waals surface area contributed by atoms with Gasteiger partial charge in [-0.1, -0.05) is 24.3 Å². The summed E-state index contributed by atoms with van der Waals surface area (Å²) in [6.07, 6.45) is 5.01. The van der Waals surface area contributed by atoms with Gasteiger partial charge >= 0.3 is 0 Å². The predicted octanol–water partition coefficient (Wildman–Crippen LogP) is 3.88. The van der Waals surface area contributed by atoms with Crippen molar-refractivity contribution >= 4 is 17.2 Å². The standard InChI is InChI=1S/C19H25N3OS/c1-14-20-12-18(24-14)19(23)22-11-5-4-6-17(22)16-9-7-15(8-10-16)13-21(2)3/h7-10,12,17H,4-6,11,13H2,1-3H3/t17-/m1/s1. The number of aromatic nitrogens is 1. The van der Waals surface area contributed by atoms with Crippen molar-refractivity contribution in [1.82, 2.24) is 14.8 Å². The number of rotatable bonds is 4. The van der Waals surface area contributed by atoms with E-state index >= 15 is 0 Å². The first-order valence-electron chi connectivity index (χ1n) is 8.51. The Kier molecular flexibility index (Phi) is 5.31. The van der Waals surface area contributed by atoms with Crippen molar-refractivity contribution in [2.75, 3.05) is 20.6 Å². The highest BCUT2D eigenvalue weighted by atomic mass is 32.1. The number of benzene rings is 1. The number of hydrogen-bond donors (Lipinski definition) is 0. The van der Waals surface area contributed by atoms with E-state index in [-0.39, 0.29) is 11.9 Å². The summed E-state index contributed by atoms with van der Waals surface area (Å²) < 4.78 is 0. The zero-order chi connectivity index (χ0) is 17.1. The fourth-order valence-electron chi connectivity index (χ4n) is 3.33. The van der Waals surface area contributed by atoms with E-state index in [1.165, 1.54) is 28.9 Å². The average Bonchev–Trinajstić information content (AvgIpc) is 3.01. The molecule has 1 aromatic heterocycles. The second-order valence-electron chi connectivity index (χ2n) is 6.73.